The number of nitrogens with zero attached hydrogens (tertiary/aromatic N) is 2. The number of hydrogen-bond donors (Lipinski definition) is 1. The van der Waals surface area contributed by atoms with Gasteiger partial charge in [0.2, 0.25) is 0 Å². The predicted molar refractivity (Wildman–Crippen MR) is 74.8 cm³/mol. The summed E-state index contributed by atoms with van der Waals surface area (Å²) >= 11 is 1.80. The third kappa shape index (κ3) is 3.71. The van der Waals surface area contributed by atoms with Crippen molar-refractivity contribution in [3.8, 4) is 0 Å². The maximum absolute atomic E-state index is 11.8. The second-order valence-corrected chi connectivity index (χ2v) is 5.98. The summed E-state index contributed by atoms with van der Waals surface area (Å²) in [6.45, 7) is 8.56. The molecular formula is C13H21N3OS. The van der Waals surface area contributed by atoms with Gasteiger partial charge in [-0.1, -0.05) is 6.07 Å². The van der Waals surface area contributed by atoms with Crippen LogP contribution in [0.2, 0.25) is 0 Å². The predicted octanol–water partition coefficient (Wildman–Crippen LogP) is 1.98. The minimum absolute atomic E-state index is 0.0702. The molecule has 1 aromatic heterocycles. The molecule has 2 amide bonds. The van der Waals surface area contributed by atoms with Crippen LogP contribution >= 0.6 is 11.3 Å². The number of carbonyl (C=O) groups is 1. The van der Waals surface area contributed by atoms with Crippen molar-refractivity contribution in [1.29, 1.82) is 0 Å². The van der Waals surface area contributed by atoms with Crippen molar-refractivity contribution in [2.75, 3.05) is 26.2 Å². The molecule has 5 heteroatoms. The topological polar surface area (TPSA) is 35.6 Å². The van der Waals surface area contributed by atoms with Gasteiger partial charge in [0.05, 0.1) is 0 Å². The van der Waals surface area contributed by atoms with Gasteiger partial charge >= 0.3 is 6.03 Å². The Balaban J connectivity index is 1.76. The lowest BCUT2D eigenvalue weighted by Gasteiger charge is -2.34. The van der Waals surface area contributed by atoms with Gasteiger partial charge in [0.15, 0.2) is 0 Å². The highest BCUT2D eigenvalue weighted by molar-refractivity contribution is 7.09. The summed E-state index contributed by atoms with van der Waals surface area (Å²) in [6.07, 6.45) is 0. The fourth-order valence-electron chi connectivity index (χ4n) is 2.07. The van der Waals surface area contributed by atoms with E-state index in [2.05, 4.69) is 27.7 Å². The molecule has 0 aliphatic carbocycles. The molecule has 2 rings (SSSR count). The lowest BCUT2D eigenvalue weighted by atomic mass is 10.3. The molecule has 18 heavy (non-hydrogen) atoms. The maximum atomic E-state index is 11.8. The van der Waals surface area contributed by atoms with E-state index in [-0.39, 0.29) is 12.1 Å². The molecule has 1 N–H and O–H groups in total. The van der Waals surface area contributed by atoms with Gasteiger partial charge in [-0.3, -0.25) is 4.90 Å². The van der Waals surface area contributed by atoms with Crippen molar-refractivity contribution in [3.63, 3.8) is 0 Å². The number of carbonyl (C=O) groups excluding carboxylic acids is 1. The van der Waals surface area contributed by atoms with Crippen LogP contribution in [0.25, 0.3) is 0 Å². The quantitative estimate of drug-likeness (QED) is 0.909. The van der Waals surface area contributed by atoms with E-state index in [1.54, 1.807) is 11.3 Å². The standard InChI is InChI=1S/C13H21N3OS/c1-11(2)14-13(17)16-7-5-15(6-8-16)10-12-4-3-9-18-12/h3-4,9,11H,5-8,10H2,1-2H3,(H,14,17). The average molecular weight is 267 g/mol. The molecule has 1 aromatic rings. The number of rotatable bonds is 3. The Morgan fingerprint density at radius 3 is 2.67 bits per heavy atom. The van der Waals surface area contributed by atoms with E-state index in [1.165, 1.54) is 4.88 Å². The third-order valence-electron chi connectivity index (χ3n) is 3.03. The van der Waals surface area contributed by atoms with Crippen molar-refractivity contribution in [1.82, 2.24) is 15.1 Å². The Hall–Kier alpha value is -1.07. The smallest absolute Gasteiger partial charge is 0.317 e. The summed E-state index contributed by atoms with van der Waals surface area (Å²) in [7, 11) is 0. The van der Waals surface area contributed by atoms with Gasteiger partial charge in [0.1, 0.15) is 0 Å². The van der Waals surface area contributed by atoms with Gasteiger partial charge in [-0.05, 0) is 25.3 Å². The Morgan fingerprint density at radius 2 is 2.11 bits per heavy atom. The number of hydrogen-bond acceptors (Lipinski definition) is 3. The summed E-state index contributed by atoms with van der Waals surface area (Å²) in [5, 5.41) is 5.06. The van der Waals surface area contributed by atoms with Gasteiger partial charge in [-0.2, -0.15) is 0 Å². The van der Waals surface area contributed by atoms with Crippen LogP contribution in [0, 0.1) is 0 Å². The lowest BCUT2D eigenvalue weighted by molar-refractivity contribution is 0.134. The molecule has 0 aromatic carbocycles. The first-order chi connectivity index (χ1) is 8.65. The van der Waals surface area contributed by atoms with Crippen LogP contribution in [0.1, 0.15) is 18.7 Å². The minimum atomic E-state index is 0.0702. The molecule has 2 heterocycles. The number of piperazine rings is 1. The van der Waals surface area contributed by atoms with E-state index >= 15 is 0 Å². The number of nitrogens with one attached hydrogen (secondary N) is 1. The summed E-state index contributed by atoms with van der Waals surface area (Å²) < 4.78 is 0. The maximum Gasteiger partial charge on any atom is 0.317 e. The van der Waals surface area contributed by atoms with Crippen LogP contribution in [0.4, 0.5) is 4.79 Å². The third-order valence-corrected chi connectivity index (χ3v) is 3.89. The highest BCUT2D eigenvalue weighted by atomic mass is 32.1. The Bertz CT molecular complexity index is 370. The van der Waals surface area contributed by atoms with Crippen LogP contribution in [0.5, 0.6) is 0 Å². The van der Waals surface area contributed by atoms with E-state index in [0.29, 0.717) is 0 Å². The zero-order valence-electron chi connectivity index (χ0n) is 11.1. The summed E-state index contributed by atoms with van der Waals surface area (Å²) in [4.78, 5) is 17.5. The van der Waals surface area contributed by atoms with Gasteiger partial charge in [0, 0.05) is 43.6 Å². The van der Waals surface area contributed by atoms with Gasteiger partial charge in [-0.25, -0.2) is 4.79 Å². The fourth-order valence-corrected chi connectivity index (χ4v) is 2.82. The van der Waals surface area contributed by atoms with E-state index in [0.717, 1.165) is 32.7 Å². The first-order valence-electron chi connectivity index (χ1n) is 6.45. The molecule has 0 atom stereocenters. The Labute approximate surface area is 113 Å². The van der Waals surface area contributed by atoms with Crippen molar-refractivity contribution < 1.29 is 4.79 Å². The van der Waals surface area contributed by atoms with Crippen molar-refractivity contribution in [2.45, 2.75) is 26.4 Å². The van der Waals surface area contributed by atoms with Crippen LogP contribution in [0.3, 0.4) is 0 Å². The van der Waals surface area contributed by atoms with Crippen molar-refractivity contribution >= 4 is 17.4 Å². The zero-order chi connectivity index (χ0) is 13.0. The highest BCUT2D eigenvalue weighted by Crippen LogP contribution is 2.13. The molecule has 4 nitrogen and oxygen atoms in total. The van der Waals surface area contributed by atoms with Crippen molar-refractivity contribution in [3.05, 3.63) is 22.4 Å². The van der Waals surface area contributed by atoms with Crippen LogP contribution < -0.4 is 5.32 Å². The van der Waals surface area contributed by atoms with Crippen molar-refractivity contribution in [2.24, 2.45) is 0 Å². The number of amides is 2. The molecular weight excluding hydrogens is 246 g/mol. The van der Waals surface area contributed by atoms with Crippen LogP contribution in [0.15, 0.2) is 17.5 Å². The molecule has 1 aliphatic heterocycles. The second-order valence-electron chi connectivity index (χ2n) is 4.95. The number of thiophene rings is 1. The first-order valence-corrected chi connectivity index (χ1v) is 7.33. The fraction of sp³-hybridized carbons (Fsp3) is 0.615. The molecule has 1 fully saturated rings. The second kappa shape index (κ2) is 6.20. The van der Waals surface area contributed by atoms with Crippen LogP contribution in [-0.2, 0) is 6.54 Å². The van der Waals surface area contributed by atoms with E-state index < -0.39 is 0 Å². The van der Waals surface area contributed by atoms with Crippen LogP contribution in [-0.4, -0.2) is 48.1 Å². The largest absolute Gasteiger partial charge is 0.336 e. The minimum Gasteiger partial charge on any atom is -0.336 e. The van der Waals surface area contributed by atoms with Gasteiger partial charge < -0.3 is 10.2 Å². The molecule has 1 aliphatic rings. The van der Waals surface area contributed by atoms with E-state index in [9.17, 15) is 4.79 Å². The first kappa shape index (κ1) is 13.4. The zero-order valence-corrected chi connectivity index (χ0v) is 11.9. The monoisotopic (exact) mass is 267 g/mol. The summed E-state index contributed by atoms with van der Waals surface area (Å²) in [5.41, 5.74) is 0. The molecule has 1 saturated heterocycles. The molecule has 0 radical (unpaired) electrons. The van der Waals surface area contributed by atoms with E-state index in [4.69, 9.17) is 0 Å². The summed E-state index contributed by atoms with van der Waals surface area (Å²) in [6, 6.07) is 4.54. The molecule has 0 bridgehead atoms. The molecule has 0 unspecified atom stereocenters. The Kier molecular flexibility index (Phi) is 4.60. The number of urea groups is 1. The normalized spacial score (nSPS) is 17.2. The highest BCUT2D eigenvalue weighted by Gasteiger charge is 2.21. The summed E-state index contributed by atoms with van der Waals surface area (Å²) in [5.74, 6) is 0. The average Bonchev–Trinajstić information content (AvgIpc) is 2.82. The van der Waals surface area contributed by atoms with Gasteiger partial charge in [-0.15, -0.1) is 11.3 Å². The molecule has 0 spiro atoms. The Morgan fingerprint density at radius 1 is 1.39 bits per heavy atom. The lowest BCUT2D eigenvalue weighted by Crippen LogP contribution is -2.52. The van der Waals surface area contributed by atoms with Gasteiger partial charge in [0.25, 0.3) is 0 Å². The van der Waals surface area contributed by atoms with E-state index in [1.807, 2.05) is 18.7 Å². The SMILES string of the molecule is CC(C)NC(=O)N1CCN(Cc2cccs2)CC1. The molecule has 100 valence electrons. The molecule has 0 saturated carbocycles.